The largest absolute Gasteiger partial charge is 0.493 e. The summed E-state index contributed by atoms with van der Waals surface area (Å²) in [5, 5.41) is 5.10. The number of methoxy groups -OCH3 is 1. The number of nitrogens with zero attached hydrogens (tertiary/aromatic N) is 3. The van der Waals surface area contributed by atoms with Crippen molar-refractivity contribution >= 4 is 22.8 Å². The molecule has 1 aromatic carbocycles. The van der Waals surface area contributed by atoms with Crippen LogP contribution in [-0.4, -0.2) is 40.3 Å². The standard InChI is InChI=1S/C25H31N5O4/c1-14(2)10-11-34-20-9-8-17(12-21(20)33-5)24(31)27-28-25(32)18-13-19(16-6-7-16)26-23-22(18)15(3)29-30(23)4/h8-9,12-14,16H,6-7,10-11H2,1-5H3,(H,27,31)(H,28,32). The van der Waals surface area contributed by atoms with Crippen LogP contribution >= 0.6 is 0 Å². The van der Waals surface area contributed by atoms with E-state index in [1.165, 1.54) is 7.11 Å². The Balaban J connectivity index is 1.48. The van der Waals surface area contributed by atoms with E-state index in [-0.39, 0.29) is 0 Å². The molecule has 2 amide bonds. The van der Waals surface area contributed by atoms with E-state index in [1.54, 1.807) is 22.9 Å². The summed E-state index contributed by atoms with van der Waals surface area (Å²) in [6, 6.07) is 6.73. The third kappa shape index (κ3) is 4.98. The maximum atomic E-state index is 13.1. The van der Waals surface area contributed by atoms with Crippen molar-refractivity contribution in [3.05, 3.63) is 46.8 Å². The van der Waals surface area contributed by atoms with Crippen LogP contribution < -0.4 is 20.3 Å². The van der Waals surface area contributed by atoms with Crippen molar-refractivity contribution in [2.24, 2.45) is 13.0 Å². The van der Waals surface area contributed by atoms with Gasteiger partial charge >= 0.3 is 0 Å². The number of fused-ring (bicyclic) bond motifs is 1. The van der Waals surface area contributed by atoms with Crippen LogP contribution in [0.25, 0.3) is 11.0 Å². The van der Waals surface area contributed by atoms with Crippen LogP contribution in [-0.2, 0) is 7.05 Å². The molecule has 2 aromatic heterocycles. The zero-order valence-electron chi connectivity index (χ0n) is 20.3. The number of hydrazine groups is 1. The zero-order chi connectivity index (χ0) is 24.4. The molecule has 0 radical (unpaired) electrons. The summed E-state index contributed by atoms with van der Waals surface area (Å²) in [7, 11) is 3.34. The van der Waals surface area contributed by atoms with Crippen molar-refractivity contribution < 1.29 is 19.1 Å². The van der Waals surface area contributed by atoms with Gasteiger partial charge in [-0.2, -0.15) is 5.10 Å². The number of aromatic nitrogens is 3. The third-order valence-corrected chi connectivity index (χ3v) is 5.90. The van der Waals surface area contributed by atoms with Crippen molar-refractivity contribution in [2.45, 2.75) is 46.0 Å². The molecule has 0 atom stereocenters. The summed E-state index contributed by atoms with van der Waals surface area (Å²) in [6.07, 6.45) is 3.04. The van der Waals surface area contributed by atoms with Crippen molar-refractivity contribution in [3.63, 3.8) is 0 Å². The first-order valence-electron chi connectivity index (χ1n) is 11.5. The molecule has 2 N–H and O–H groups in total. The summed E-state index contributed by atoms with van der Waals surface area (Å²) in [5.74, 6) is 1.04. The second-order valence-corrected chi connectivity index (χ2v) is 9.08. The number of benzene rings is 1. The van der Waals surface area contributed by atoms with E-state index in [0.29, 0.717) is 57.8 Å². The van der Waals surface area contributed by atoms with E-state index in [1.807, 2.05) is 20.0 Å². The van der Waals surface area contributed by atoms with E-state index >= 15 is 0 Å². The van der Waals surface area contributed by atoms with Gasteiger partial charge in [-0.15, -0.1) is 0 Å². The number of hydrogen-bond acceptors (Lipinski definition) is 6. The maximum absolute atomic E-state index is 13.1. The lowest BCUT2D eigenvalue weighted by Crippen LogP contribution is -2.41. The smallest absolute Gasteiger partial charge is 0.270 e. The van der Waals surface area contributed by atoms with Crippen molar-refractivity contribution in [3.8, 4) is 11.5 Å². The minimum atomic E-state index is -0.462. The molecule has 1 aliphatic carbocycles. The first-order valence-corrected chi connectivity index (χ1v) is 11.5. The molecule has 180 valence electrons. The van der Waals surface area contributed by atoms with Crippen molar-refractivity contribution in [2.75, 3.05) is 13.7 Å². The van der Waals surface area contributed by atoms with Crippen LogP contribution in [0, 0.1) is 12.8 Å². The van der Waals surface area contributed by atoms with Gasteiger partial charge in [0, 0.05) is 24.2 Å². The van der Waals surface area contributed by atoms with Gasteiger partial charge in [-0.1, -0.05) is 13.8 Å². The van der Waals surface area contributed by atoms with Gasteiger partial charge in [-0.05, 0) is 56.4 Å². The van der Waals surface area contributed by atoms with Crippen LogP contribution in [0.4, 0.5) is 0 Å². The number of carbonyl (C=O) groups excluding carboxylic acids is 2. The zero-order valence-corrected chi connectivity index (χ0v) is 20.3. The lowest BCUT2D eigenvalue weighted by Gasteiger charge is -2.14. The summed E-state index contributed by atoms with van der Waals surface area (Å²) in [5.41, 5.74) is 8.07. The minimum Gasteiger partial charge on any atom is -0.493 e. The molecular formula is C25H31N5O4. The van der Waals surface area contributed by atoms with Gasteiger partial charge in [0.05, 0.1) is 30.4 Å². The van der Waals surface area contributed by atoms with E-state index in [2.05, 4.69) is 29.8 Å². The molecule has 2 heterocycles. The molecule has 3 aromatic rings. The Labute approximate surface area is 198 Å². The number of aryl methyl sites for hydroxylation is 2. The number of amides is 2. The van der Waals surface area contributed by atoms with Gasteiger partial charge < -0.3 is 9.47 Å². The molecule has 0 saturated heterocycles. The number of hydrogen-bond donors (Lipinski definition) is 2. The molecule has 1 fully saturated rings. The lowest BCUT2D eigenvalue weighted by molar-refractivity contribution is 0.0847. The minimum absolute atomic E-state index is 0.337. The van der Waals surface area contributed by atoms with Crippen LogP contribution in [0.2, 0.25) is 0 Å². The normalized spacial score (nSPS) is 13.2. The van der Waals surface area contributed by atoms with Gasteiger partial charge in [0.1, 0.15) is 0 Å². The first-order chi connectivity index (χ1) is 16.3. The van der Waals surface area contributed by atoms with Crippen LogP contribution in [0.5, 0.6) is 11.5 Å². The van der Waals surface area contributed by atoms with Crippen molar-refractivity contribution in [1.82, 2.24) is 25.6 Å². The summed E-state index contributed by atoms with van der Waals surface area (Å²) < 4.78 is 12.8. The van der Waals surface area contributed by atoms with E-state index in [9.17, 15) is 9.59 Å². The Kier molecular flexibility index (Phi) is 6.72. The predicted octanol–water partition coefficient (Wildman–Crippen LogP) is 3.66. The fraction of sp³-hybridized carbons (Fsp3) is 0.440. The highest BCUT2D eigenvalue weighted by Gasteiger charge is 2.28. The molecule has 9 nitrogen and oxygen atoms in total. The molecule has 4 rings (SSSR count). The highest BCUT2D eigenvalue weighted by molar-refractivity contribution is 6.07. The number of nitrogens with one attached hydrogen (secondary N) is 2. The molecule has 9 heteroatoms. The van der Waals surface area contributed by atoms with Gasteiger partial charge in [-0.3, -0.25) is 25.1 Å². The number of pyridine rings is 1. The van der Waals surface area contributed by atoms with Gasteiger partial charge in [0.25, 0.3) is 11.8 Å². The molecule has 34 heavy (non-hydrogen) atoms. The van der Waals surface area contributed by atoms with Crippen LogP contribution in [0.3, 0.4) is 0 Å². The molecule has 0 spiro atoms. The predicted molar refractivity (Wildman–Crippen MR) is 128 cm³/mol. The molecule has 0 bridgehead atoms. The summed E-state index contributed by atoms with van der Waals surface area (Å²) in [6.45, 7) is 6.66. The first kappa shape index (κ1) is 23.5. The fourth-order valence-corrected chi connectivity index (χ4v) is 3.82. The van der Waals surface area contributed by atoms with Crippen molar-refractivity contribution in [1.29, 1.82) is 0 Å². The SMILES string of the molecule is COc1cc(C(=O)NNC(=O)c2cc(C3CC3)nc3c2c(C)nn3C)ccc1OCCC(C)C. The Morgan fingerprint density at radius 2 is 1.88 bits per heavy atom. The molecule has 1 saturated carbocycles. The average Bonchev–Trinajstić information content (AvgIpc) is 3.62. The topological polar surface area (TPSA) is 107 Å². The van der Waals surface area contributed by atoms with Gasteiger partial charge in [0.15, 0.2) is 17.1 Å². The molecule has 0 unspecified atom stereocenters. The number of rotatable bonds is 8. The highest BCUT2D eigenvalue weighted by atomic mass is 16.5. The second-order valence-electron chi connectivity index (χ2n) is 9.08. The average molecular weight is 466 g/mol. The Morgan fingerprint density at radius 1 is 1.15 bits per heavy atom. The molecule has 1 aliphatic rings. The molecular weight excluding hydrogens is 434 g/mol. The van der Waals surface area contributed by atoms with E-state index < -0.39 is 11.8 Å². The quantitative estimate of drug-likeness (QED) is 0.492. The van der Waals surface area contributed by atoms with E-state index in [0.717, 1.165) is 25.0 Å². The maximum Gasteiger partial charge on any atom is 0.270 e. The van der Waals surface area contributed by atoms with E-state index in [4.69, 9.17) is 14.5 Å². The summed E-state index contributed by atoms with van der Waals surface area (Å²) in [4.78, 5) is 30.5. The van der Waals surface area contributed by atoms with Crippen LogP contribution in [0.1, 0.15) is 71.1 Å². The Bertz CT molecular complexity index is 1230. The van der Waals surface area contributed by atoms with Gasteiger partial charge in [-0.25, -0.2) is 4.98 Å². The van der Waals surface area contributed by atoms with Crippen LogP contribution in [0.15, 0.2) is 24.3 Å². The third-order valence-electron chi connectivity index (χ3n) is 5.90. The Morgan fingerprint density at radius 3 is 2.56 bits per heavy atom. The lowest BCUT2D eigenvalue weighted by atomic mass is 10.1. The van der Waals surface area contributed by atoms with Gasteiger partial charge in [0.2, 0.25) is 0 Å². The summed E-state index contributed by atoms with van der Waals surface area (Å²) >= 11 is 0. The highest BCUT2D eigenvalue weighted by Crippen LogP contribution is 2.40. The second kappa shape index (κ2) is 9.70. The molecule has 0 aliphatic heterocycles. The Hall–Kier alpha value is -3.62. The number of carbonyl (C=O) groups is 2. The monoisotopic (exact) mass is 465 g/mol. The fourth-order valence-electron chi connectivity index (χ4n) is 3.82. The number of ether oxygens (including phenoxy) is 2.